The Labute approximate surface area is 119 Å². The zero-order valence-corrected chi connectivity index (χ0v) is 11.9. The number of nitrogens with zero attached hydrogens (tertiary/aromatic N) is 1. The highest BCUT2D eigenvalue weighted by atomic mass is 16.5. The molecule has 0 radical (unpaired) electrons. The predicted octanol–water partition coefficient (Wildman–Crippen LogP) is 1.29. The Morgan fingerprint density at radius 3 is 2.70 bits per heavy atom. The molecular weight excluding hydrogens is 256 g/mol. The first-order valence-electron chi connectivity index (χ1n) is 6.97. The van der Waals surface area contributed by atoms with Crippen molar-refractivity contribution in [3.8, 4) is 0 Å². The summed E-state index contributed by atoms with van der Waals surface area (Å²) in [5.41, 5.74) is 1.27. The van der Waals surface area contributed by atoms with Crippen molar-refractivity contribution in [1.29, 1.82) is 0 Å². The first kappa shape index (κ1) is 14.8. The Kier molecular flexibility index (Phi) is 5.83. The normalized spacial score (nSPS) is 17.4. The molecule has 1 aromatic rings. The van der Waals surface area contributed by atoms with Crippen LogP contribution in [-0.2, 0) is 15.9 Å². The van der Waals surface area contributed by atoms with Gasteiger partial charge in [-0.2, -0.15) is 0 Å². The molecule has 1 aromatic carbocycles. The van der Waals surface area contributed by atoms with E-state index in [1.165, 1.54) is 12.7 Å². The van der Waals surface area contributed by atoms with Crippen LogP contribution >= 0.6 is 0 Å². The fourth-order valence-corrected chi connectivity index (χ4v) is 2.43. The van der Waals surface area contributed by atoms with Gasteiger partial charge >= 0.3 is 6.09 Å². The van der Waals surface area contributed by atoms with Crippen molar-refractivity contribution in [1.82, 2.24) is 10.2 Å². The Bertz CT molecular complexity index is 405. The second-order valence-corrected chi connectivity index (χ2v) is 4.86. The summed E-state index contributed by atoms with van der Waals surface area (Å²) in [6.45, 7) is 3.90. The van der Waals surface area contributed by atoms with Crippen LogP contribution in [0.15, 0.2) is 30.3 Å². The van der Waals surface area contributed by atoms with Gasteiger partial charge in [0.15, 0.2) is 0 Å². The van der Waals surface area contributed by atoms with Gasteiger partial charge < -0.3 is 14.8 Å². The average Bonchev–Trinajstić information content (AvgIpc) is 2.53. The Morgan fingerprint density at radius 2 is 2.05 bits per heavy atom. The van der Waals surface area contributed by atoms with Crippen molar-refractivity contribution >= 4 is 6.09 Å². The van der Waals surface area contributed by atoms with Crippen molar-refractivity contribution < 1.29 is 14.3 Å². The molecule has 1 saturated heterocycles. The lowest BCUT2D eigenvalue weighted by Gasteiger charge is -2.34. The van der Waals surface area contributed by atoms with Gasteiger partial charge in [0, 0.05) is 25.7 Å². The number of nitrogens with one attached hydrogen (secondary N) is 1. The van der Waals surface area contributed by atoms with Gasteiger partial charge in [-0.3, -0.25) is 4.90 Å². The maximum Gasteiger partial charge on any atom is 0.406 e. The van der Waals surface area contributed by atoms with E-state index in [4.69, 9.17) is 4.74 Å². The molecule has 0 bridgehead atoms. The molecule has 0 spiro atoms. The van der Waals surface area contributed by atoms with E-state index in [0.717, 1.165) is 32.7 Å². The van der Waals surface area contributed by atoms with Gasteiger partial charge in [-0.05, 0) is 12.0 Å². The summed E-state index contributed by atoms with van der Waals surface area (Å²) in [4.78, 5) is 13.6. The molecule has 1 aliphatic rings. The van der Waals surface area contributed by atoms with Crippen LogP contribution < -0.4 is 5.32 Å². The van der Waals surface area contributed by atoms with Crippen LogP contribution in [0.1, 0.15) is 5.56 Å². The van der Waals surface area contributed by atoms with E-state index in [2.05, 4.69) is 27.1 Å². The van der Waals surface area contributed by atoms with Crippen LogP contribution in [0.3, 0.4) is 0 Å². The molecule has 1 heterocycles. The monoisotopic (exact) mass is 278 g/mol. The summed E-state index contributed by atoms with van der Waals surface area (Å²) >= 11 is 0. The number of carbonyl (C=O) groups is 1. The van der Waals surface area contributed by atoms with Crippen LogP contribution in [0.2, 0.25) is 0 Å². The third kappa shape index (κ3) is 4.51. The number of rotatable bonds is 5. The maximum atomic E-state index is 11.3. The highest BCUT2D eigenvalue weighted by molar-refractivity contribution is 5.66. The van der Waals surface area contributed by atoms with Gasteiger partial charge in [0.1, 0.15) is 0 Å². The number of alkyl carbamates (subject to hydrolysis) is 1. The molecular formula is C15H22N2O3. The molecule has 5 nitrogen and oxygen atoms in total. The van der Waals surface area contributed by atoms with E-state index < -0.39 is 0 Å². The van der Waals surface area contributed by atoms with Crippen molar-refractivity contribution in [3.05, 3.63) is 35.9 Å². The predicted molar refractivity (Wildman–Crippen MR) is 76.7 cm³/mol. The number of ether oxygens (including phenoxy) is 2. The second-order valence-electron chi connectivity index (χ2n) is 4.86. The van der Waals surface area contributed by atoms with Gasteiger partial charge in [0.2, 0.25) is 0 Å². The van der Waals surface area contributed by atoms with Gasteiger partial charge in [-0.25, -0.2) is 4.79 Å². The van der Waals surface area contributed by atoms with E-state index in [-0.39, 0.29) is 12.1 Å². The number of amides is 1. The maximum absolute atomic E-state index is 11.3. The van der Waals surface area contributed by atoms with E-state index >= 15 is 0 Å². The minimum absolute atomic E-state index is 0.264. The lowest BCUT2D eigenvalue weighted by molar-refractivity contribution is 0.0167. The average molecular weight is 278 g/mol. The Hall–Kier alpha value is -1.59. The fraction of sp³-hybridized carbons (Fsp3) is 0.533. The molecule has 5 heteroatoms. The molecule has 1 fully saturated rings. The molecule has 0 aromatic heterocycles. The number of morpholine rings is 1. The number of benzene rings is 1. The molecule has 1 atom stereocenters. The Morgan fingerprint density at radius 1 is 1.35 bits per heavy atom. The Balaban J connectivity index is 1.96. The highest BCUT2D eigenvalue weighted by Gasteiger charge is 2.21. The standard InChI is InChI=1S/C15H22N2O3/c1-19-15(18)16-12-14(17-7-9-20-10-8-17)11-13-5-3-2-4-6-13/h2-6,14H,7-12H2,1H3,(H,16,18). The van der Waals surface area contributed by atoms with Crippen LogP contribution in [0.5, 0.6) is 0 Å². The summed E-state index contributed by atoms with van der Waals surface area (Å²) < 4.78 is 10.0. The molecule has 110 valence electrons. The third-order valence-corrected chi connectivity index (χ3v) is 3.54. The number of carbonyl (C=O) groups excluding carboxylic acids is 1. The van der Waals surface area contributed by atoms with E-state index in [0.29, 0.717) is 6.54 Å². The zero-order valence-electron chi connectivity index (χ0n) is 11.9. The molecule has 20 heavy (non-hydrogen) atoms. The smallest absolute Gasteiger partial charge is 0.406 e. The zero-order chi connectivity index (χ0) is 14.2. The minimum Gasteiger partial charge on any atom is -0.453 e. The largest absolute Gasteiger partial charge is 0.453 e. The topological polar surface area (TPSA) is 50.8 Å². The van der Waals surface area contributed by atoms with Crippen LogP contribution in [0.25, 0.3) is 0 Å². The molecule has 1 unspecified atom stereocenters. The lowest BCUT2D eigenvalue weighted by atomic mass is 10.0. The van der Waals surface area contributed by atoms with Crippen molar-refractivity contribution in [2.75, 3.05) is 40.0 Å². The molecule has 1 amide bonds. The van der Waals surface area contributed by atoms with E-state index in [1.54, 1.807) is 0 Å². The molecule has 1 aliphatic heterocycles. The summed E-state index contributed by atoms with van der Waals surface area (Å²) in [7, 11) is 1.39. The van der Waals surface area contributed by atoms with E-state index in [9.17, 15) is 4.79 Å². The number of hydrogen-bond acceptors (Lipinski definition) is 4. The van der Waals surface area contributed by atoms with Crippen LogP contribution in [-0.4, -0.2) is 57.0 Å². The minimum atomic E-state index is -0.378. The lowest BCUT2D eigenvalue weighted by Crippen LogP contribution is -2.49. The van der Waals surface area contributed by atoms with Gasteiger partial charge in [0.25, 0.3) is 0 Å². The molecule has 0 aliphatic carbocycles. The van der Waals surface area contributed by atoms with Gasteiger partial charge in [0.05, 0.1) is 20.3 Å². The van der Waals surface area contributed by atoms with E-state index in [1.807, 2.05) is 18.2 Å². The second kappa shape index (κ2) is 7.87. The van der Waals surface area contributed by atoms with Gasteiger partial charge in [-0.15, -0.1) is 0 Å². The van der Waals surface area contributed by atoms with Crippen LogP contribution in [0, 0.1) is 0 Å². The van der Waals surface area contributed by atoms with Crippen molar-refractivity contribution in [2.45, 2.75) is 12.5 Å². The quantitative estimate of drug-likeness (QED) is 0.881. The number of methoxy groups -OCH3 is 1. The summed E-state index contributed by atoms with van der Waals surface area (Å²) in [6, 6.07) is 10.6. The third-order valence-electron chi connectivity index (χ3n) is 3.54. The van der Waals surface area contributed by atoms with Gasteiger partial charge in [-0.1, -0.05) is 30.3 Å². The SMILES string of the molecule is COC(=O)NCC(Cc1ccccc1)N1CCOCC1. The van der Waals surface area contributed by atoms with Crippen molar-refractivity contribution in [3.63, 3.8) is 0 Å². The molecule has 2 rings (SSSR count). The van der Waals surface area contributed by atoms with Crippen molar-refractivity contribution in [2.24, 2.45) is 0 Å². The molecule has 1 N–H and O–H groups in total. The first-order valence-corrected chi connectivity index (χ1v) is 6.97. The summed E-state index contributed by atoms with van der Waals surface area (Å²) in [5, 5.41) is 2.81. The summed E-state index contributed by atoms with van der Waals surface area (Å²) in [6.07, 6.45) is 0.529. The highest BCUT2D eigenvalue weighted by Crippen LogP contribution is 2.10. The molecule has 0 saturated carbocycles. The first-order chi connectivity index (χ1) is 9.79. The number of hydrogen-bond donors (Lipinski definition) is 1. The van der Waals surface area contributed by atoms with Crippen LogP contribution in [0.4, 0.5) is 4.79 Å². The summed E-state index contributed by atoms with van der Waals surface area (Å²) in [5.74, 6) is 0. The fourth-order valence-electron chi connectivity index (χ4n) is 2.43.